The Labute approximate surface area is 99.6 Å². The van der Waals surface area contributed by atoms with Crippen LogP contribution in [-0.4, -0.2) is 52.6 Å². The Kier molecular flexibility index (Phi) is 5.45. The fourth-order valence-electron chi connectivity index (χ4n) is 1.54. The highest BCUT2D eigenvalue weighted by molar-refractivity contribution is 7.99. The van der Waals surface area contributed by atoms with Crippen LogP contribution < -0.4 is 5.32 Å². The van der Waals surface area contributed by atoms with Crippen molar-refractivity contribution in [2.45, 2.75) is 25.8 Å². The van der Waals surface area contributed by atoms with Gasteiger partial charge in [0.1, 0.15) is 0 Å². The lowest BCUT2D eigenvalue weighted by molar-refractivity contribution is -0.137. The van der Waals surface area contributed by atoms with E-state index in [1.54, 1.807) is 4.90 Å². The number of nitrogens with zero attached hydrogens (tertiary/aromatic N) is 1. The van der Waals surface area contributed by atoms with Gasteiger partial charge in [0.25, 0.3) is 0 Å². The number of carboxylic acid groups (broad SMARTS) is 1. The average Bonchev–Trinajstić information content (AvgIpc) is 2.28. The number of amides is 2. The largest absolute Gasteiger partial charge is 0.481 e. The smallest absolute Gasteiger partial charge is 0.317 e. The molecule has 92 valence electrons. The van der Waals surface area contributed by atoms with Crippen LogP contribution in [0.1, 0.15) is 19.8 Å². The summed E-state index contributed by atoms with van der Waals surface area (Å²) in [4.78, 5) is 24.1. The van der Waals surface area contributed by atoms with E-state index in [0.717, 1.165) is 24.6 Å². The molecule has 0 spiro atoms. The van der Waals surface area contributed by atoms with Crippen LogP contribution in [0.4, 0.5) is 4.79 Å². The molecular formula is C10H18N2O3S. The first kappa shape index (κ1) is 13.2. The second-order valence-electron chi connectivity index (χ2n) is 3.75. The van der Waals surface area contributed by atoms with Crippen LogP contribution in [0.25, 0.3) is 0 Å². The van der Waals surface area contributed by atoms with Gasteiger partial charge in [-0.3, -0.25) is 4.79 Å². The minimum Gasteiger partial charge on any atom is -0.481 e. The number of hydrogen-bond acceptors (Lipinski definition) is 3. The molecule has 6 heteroatoms. The number of hydrogen-bond donors (Lipinski definition) is 2. The van der Waals surface area contributed by atoms with E-state index < -0.39 is 5.97 Å². The molecule has 1 unspecified atom stereocenters. The third-order valence-corrected chi connectivity index (χ3v) is 3.48. The Morgan fingerprint density at radius 2 is 2.06 bits per heavy atom. The van der Waals surface area contributed by atoms with Crippen LogP contribution in [-0.2, 0) is 4.79 Å². The van der Waals surface area contributed by atoms with Crippen molar-refractivity contribution in [1.82, 2.24) is 10.2 Å². The maximum Gasteiger partial charge on any atom is 0.317 e. The second-order valence-corrected chi connectivity index (χ2v) is 4.98. The zero-order chi connectivity index (χ0) is 12.0. The molecule has 0 aromatic rings. The first-order valence-electron chi connectivity index (χ1n) is 5.48. The lowest BCUT2D eigenvalue weighted by atomic mass is 10.1. The molecule has 2 amide bonds. The molecule has 0 aromatic heterocycles. The lowest BCUT2D eigenvalue weighted by Crippen LogP contribution is -2.48. The van der Waals surface area contributed by atoms with Gasteiger partial charge in [0.15, 0.2) is 0 Å². The third-order valence-electron chi connectivity index (χ3n) is 2.54. The molecule has 0 aliphatic carbocycles. The Hall–Kier alpha value is -0.910. The molecule has 1 fully saturated rings. The zero-order valence-corrected chi connectivity index (χ0v) is 10.3. The van der Waals surface area contributed by atoms with Crippen LogP contribution in [0.5, 0.6) is 0 Å². The molecule has 0 saturated carbocycles. The summed E-state index contributed by atoms with van der Waals surface area (Å²) in [6, 6.07) is -0.395. The fourth-order valence-corrected chi connectivity index (χ4v) is 2.44. The van der Waals surface area contributed by atoms with Gasteiger partial charge in [-0.1, -0.05) is 6.92 Å². The maximum absolute atomic E-state index is 11.8. The quantitative estimate of drug-likeness (QED) is 0.776. The fraction of sp³-hybridized carbons (Fsp3) is 0.800. The predicted octanol–water partition coefficient (Wildman–Crippen LogP) is 0.998. The Morgan fingerprint density at radius 1 is 1.44 bits per heavy atom. The van der Waals surface area contributed by atoms with Crippen molar-refractivity contribution in [2.75, 3.05) is 24.6 Å². The summed E-state index contributed by atoms with van der Waals surface area (Å²) < 4.78 is 0. The number of nitrogens with one attached hydrogen (secondary N) is 1. The Bertz CT molecular complexity index is 254. The summed E-state index contributed by atoms with van der Waals surface area (Å²) in [6.45, 7) is 3.37. The molecule has 1 aliphatic rings. The molecule has 5 nitrogen and oxygen atoms in total. The molecule has 1 saturated heterocycles. The van der Waals surface area contributed by atoms with Crippen LogP contribution >= 0.6 is 11.8 Å². The highest BCUT2D eigenvalue weighted by Gasteiger charge is 2.20. The second kappa shape index (κ2) is 6.62. The van der Waals surface area contributed by atoms with Gasteiger partial charge in [-0.05, 0) is 6.42 Å². The van der Waals surface area contributed by atoms with Crippen molar-refractivity contribution in [1.29, 1.82) is 0 Å². The van der Waals surface area contributed by atoms with E-state index in [4.69, 9.17) is 5.11 Å². The summed E-state index contributed by atoms with van der Waals surface area (Å²) in [5.41, 5.74) is 0. The first-order valence-corrected chi connectivity index (χ1v) is 6.64. The number of thioether (sulfide) groups is 1. The standard InChI is InChI=1S/C10H18N2O3S/c1-2-8(7-9(13)14)11-10(15)12-3-5-16-6-4-12/h8H,2-7H2,1H3,(H,11,15)(H,13,14). The molecule has 1 atom stereocenters. The maximum atomic E-state index is 11.8. The molecule has 16 heavy (non-hydrogen) atoms. The molecule has 0 aromatic carbocycles. The van der Waals surface area contributed by atoms with Crippen molar-refractivity contribution >= 4 is 23.8 Å². The molecule has 0 radical (unpaired) electrons. The monoisotopic (exact) mass is 246 g/mol. The minimum atomic E-state index is -0.874. The van der Waals surface area contributed by atoms with Crippen LogP contribution in [0.3, 0.4) is 0 Å². The molecular weight excluding hydrogens is 228 g/mol. The summed E-state index contributed by atoms with van der Waals surface area (Å²) >= 11 is 1.84. The number of rotatable bonds is 4. The zero-order valence-electron chi connectivity index (χ0n) is 9.44. The number of carbonyl (C=O) groups is 2. The number of carboxylic acids is 1. The summed E-state index contributed by atoms with van der Waals surface area (Å²) in [5.74, 6) is 1.05. The lowest BCUT2D eigenvalue weighted by Gasteiger charge is -2.28. The Morgan fingerprint density at radius 3 is 2.56 bits per heavy atom. The van der Waals surface area contributed by atoms with Gasteiger partial charge in [0.2, 0.25) is 0 Å². The van der Waals surface area contributed by atoms with Gasteiger partial charge in [0.05, 0.1) is 6.42 Å². The van der Waals surface area contributed by atoms with E-state index >= 15 is 0 Å². The van der Waals surface area contributed by atoms with E-state index in [1.165, 1.54) is 0 Å². The molecule has 1 rings (SSSR count). The van der Waals surface area contributed by atoms with Crippen molar-refractivity contribution < 1.29 is 14.7 Å². The van der Waals surface area contributed by atoms with Crippen LogP contribution in [0.2, 0.25) is 0 Å². The predicted molar refractivity (Wildman–Crippen MR) is 63.8 cm³/mol. The van der Waals surface area contributed by atoms with Crippen molar-refractivity contribution in [3.05, 3.63) is 0 Å². The summed E-state index contributed by atoms with van der Waals surface area (Å²) in [5, 5.41) is 11.4. The van der Waals surface area contributed by atoms with E-state index in [-0.39, 0.29) is 18.5 Å². The Balaban J connectivity index is 2.38. The molecule has 1 aliphatic heterocycles. The van der Waals surface area contributed by atoms with E-state index in [0.29, 0.717) is 6.42 Å². The summed E-state index contributed by atoms with van der Waals surface area (Å²) in [6.07, 6.45) is 0.630. The molecule has 2 N–H and O–H groups in total. The van der Waals surface area contributed by atoms with Crippen molar-refractivity contribution in [3.63, 3.8) is 0 Å². The van der Waals surface area contributed by atoms with Crippen LogP contribution in [0, 0.1) is 0 Å². The van der Waals surface area contributed by atoms with Crippen molar-refractivity contribution in [3.8, 4) is 0 Å². The summed E-state index contributed by atoms with van der Waals surface area (Å²) in [7, 11) is 0. The number of aliphatic carboxylic acids is 1. The van der Waals surface area contributed by atoms with E-state index in [2.05, 4.69) is 5.32 Å². The van der Waals surface area contributed by atoms with Gasteiger partial charge in [-0.15, -0.1) is 0 Å². The van der Waals surface area contributed by atoms with Crippen molar-refractivity contribution in [2.24, 2.45) is 0 Å². The molecule has 0 bridgehead atoms. The highest BCUT2D eigenvalue weighted by Crippen LogP contribution is 2.09. The average molecular weight is 246 g/mol. The van der Waals surface area contributed by atoms with Gasteiger partial charge >= 0.3 is 12.0 Å². The SMILES string of the molecule is CCC(CC(=O)O)NC(=O)N1CCSCC1. The number of urea groups is 1. The van der Waals surface area contributed by atoms with E-state index in [1.807, 2.05) is 18.7 Å². The third kappa shape index (κ3) is 4.30. The highest BCUT2D eigenvalue weighted by atomic mass is 32.2. The van der Waals surface area contributed by atoms with Crippen LogP contribution in [0.15, 0.2) is 0 Å². The first-order chi connectivity index (χ1) is 7.63. The normalized spacial score (nSPS) is 17.9. The van der Waals surface area contributed by atoms with E-state index in [9.17, 15) is 9.59 Å². The number of carbonyl (C=O) groups excluding carboxylic acids is 1. The topological polar surface area (TPSA) is 69.6 Å². The molecule has 1 heterocycles. The minimum absolute atomic E-state index is 0.00910. The van der Waals surface area contributed by atoms with Gasteiger partial charge in [-0.2, -0.15) is 11.8 Å². The van der Waals surface area contributed by atoms with Gasteiger partial charge in [-0.25, -0.2) is 4.79 Å². The van der Waals surface area contributed by atoms with Gasteiger partial charge in [0, 0.05) is 30.6 Å². The van der Waals surface area contributed by atoms with Gasteiger partial charge < -0.3 is 15.3 Å².